The Morgan fingerprint density at radius 3 is 2.36 bits per heavy atom. The maximum atomic E-state index is 12.9. The third kappa shape index (κ3) is 3.84. The highest BCUT2D eigenvalue weighted by Crippen LogP contribution is 2.19. The Labute approximate surface area is 130 Å². The molecule has 0 saturated carbocycles. The monoisotopic (exact) mass is 306 g/mol. The Balaban J connectivity index is 1.47. The zero-order valence-corrected chi connectivity index (χ0v) is 12.8. The van der Waals surface area contributed by atoms with E-state index >= 15 is 0 Å². The first-order chi connectivity index (χ1) is 10.7. The molecule has 0 atom stereocenters. The molecule has 0 unspecified atom stereocenters. The van der Waals surface area contributed by atoms with Crippen LogP contribution in [-0.4, -0.2) is 55.1 Å². The van der Waals surface area contributed by atoms with E-state index in [0.29, 0.717) is 19.1 Å². The molecule has 120 valence electrons. The lowest BCUT2D eigenvalue weighted by Gasteiger charge is -2.37. The number of hydrogen-bond donors (Lipinski definition) is 0. The molecule has 0 bridgehead atoms. The van der Waals surface area contributed by atoms with Crippen LogP contribution in [-0.2, 0) is 16.1 Å². The Kier molecular flexibility index (Phi) is 5.05. The van der Waals surface area contributed by atoms with E-state index in [-0.39, 0.29) is 11.7 Å². The molecule has 0 aromatic heterocycles. The van der Waals surface area contributed by atoms with Crippen LogP contribution in [0.15, 0.2) is 24.3 Å². The van der Waals surface area contributed by atoms with Crippen LogP contribution in [0.3, 0.4) is 0 Å². The van der Waals surface area contributed by atoms with Gasteiger partial charge in [0.25, 0.3) is 0 Å². The van der Waals surface area contributed by atoms with E-state index in [1.165, 1.54) is 12.1 Å². The van der Waals surface area contributed by atoms with Crippen LogP contribution in [0.1, 0.15) is 18.4 Å². The van der Waals surface area contributed by atoms with Gasteiger partial charge in [0, 0.05) is 51.9 Å². The average molecular weight is 306 g/mol. The molecule has 0 spiro atoms. The summed E-state index contributed by atoms with van der Waals surface area (Å²) in [5.41, 5.74) is 1.12. The second kappa shape index (κ2) is 7.20. The van der Waals surface area contributed by atoms with E-state index < -0.39 is 0 Å². The van der Waals surface area contributed by atoms with Crippen molar-refractivity contribution >= 4 is 5.91 Å². The van der Waals surface area contributed by atoms with Crippen LogP contribution >= 0.6 is 0 Å². The highest BCUT2D eigenvalue weighted by Gasteiger charge is 2.28. The van der Waals surface area contributed by atoms with Crippen LogP contribution in [0.2, 0.25) is 0 Å². The summed E-state index contributed by atoms with van der Waals surface area (Å²) < 4.78 is 18.2. The van der Waals surface area contributed by atoms with Crippen molar-refractivity contribution in [1.82, 2.24) is 9.80 Å². The number of hydrogen-bond acceptors (Lipinski definition) is 3. The topological polar surface area (TPSA) is 32.8 Å². The van der Waals surface area contributed by atoms with Crippen LogP contribution in [0.4, 0.5) is 4.39 Å². The van der Waals surface area contributed by atoms with Gasteiger partial charge in [-0.1, -0.05) is 12.1 Å². The van der Waals surface area contributed by atoms with Crippen LogP contribution in [0.25, 0.3) is 0 Å². The molecule has 2 saturated heterocycles. The largest absolute Gasteiger partial charge is 0.381 e. The summed E-state index contributed by atoms with van der Waals surface area (Å²) in [6.07, 6.45) is 1.71. The number of amides is 1. The van der Waals surface area contributed by atoms with E-state index in [1.807, 2.05) is 17.0 Å². The van der Waals surface area contributed by atoms with E-state index in [0.717, 1.165) is 51.1 Å². The first-order valence-corrected chi connectivity index (χ1v) is 8.06. The van der Waals surface area contributed by atoms with Gasteiger partial charge in [0.15, 0.2) is 0 Å². The highest BCUT2D eigenvalue weighted by atomic mass is 19.1. The molecule has 2 heterocycles. The molecule has 1 aromatic rings. The van der Waals surface area contributed by atoms with Gasteiger partial charge in [-0.05, 0) is 30.5 Å². The first-order valence-electron chi connectivity index (χ1n) is 8.06. The molecule has 3 rings (SSSR count). The van der Waals surface area contributed by atoms with Gasteiger partial charge in [-0.3, -0.25) is 9.69 Å². The molecule has 0 aliphatic carbocycles. The fraction of sp³-hybridized carbons (Fsp3) is 0.588. The van der Waals surface area contributed by atoms with Gasteiger partial charge < -0.3 is 9.64 Å². The minimum absolute atomic E-state index is 0.150. The van der Waals surface area contributed by atoms with Gasteiger partial charge in [-0.25, -0.2) is 4.39 Å². The number of carbonyl (C=O) groups excluding carboxylic acids is 1. The predicted octanol–water partition coefficient (Wildman–Crippen LogP) is 1.90. The van der Waals surface area contributed by atoms with Gasteiger partial charge in [-0.15, -0.1) is 0 Å². The predicted molar refractivity (Wildman–Crippen MR) is 81.8 cm³/mol. The Morgan fingerprint density at radius 2 is 1.73 bits per heavy atom. The van der Waals surface area contributed by atoms with Crippen LogP contribution in [0, 0.1) is 11.7 Å². The molecule has 0 radical (unpaired) electrons. The van der Waals surface area contributed by atoms with Crippen molar-refractivity contribution in [3.63, 3.8) is 0 Å². The second-order valence-electron chi connectivity index (χ2n) is 6.11. The van der Waals surface area contributed by atoms with Gasteiger partial charge >= 0.3 is 0 Å². The van der Waals surface area contributed by atoms with Crippen molar-refractivity contribution in [3.8, 4) is 0 Å². The van der Waals surface area contributed by atoms with Crippen molar-refractivity contribution in [2.75, 3.05) is 39.4 Å². The van der Waals surface area contributed by atoms with E-state index in [4.69, 9.17) is 4.74 Å². The standard InChI is InChI=1S/C17H23FN2O2/c18-16-3-1-14(2-4-16)13-19-7-9-20(10-8-19)17(21)15-5-11-22-12-6-15/h1-4,15H,5-13H2. The number of piperazine rings is 1. The molecule has 2 aliphatic rings. The number of ether oxygens (including phenoxy) is 1. The zero-order chi connectivity index (χ0) is 15.4. The van der Waals surface area contributed by atoms with E-state index in [1.54, 1.807) is 0 Å². The minimum atomic E-state index is -0.198. The lowest BCUT2D eigenvalue weighted by molar-refractivity contribution is -0.140. The number of halogens is 1. The summed E-state index contributed by atoms with van der Waals surface area (Å²) in [6.45, 7) is 5.58. The molecular formula is C17H23FN2O2. The van der Waals surface area contributed by atoms with Crippen LogP contribution in [0.5, 0.6) is 0 Å². The second-order valence-corrected chi connectivity index (χ2v) is 6.11. The molecule has 22 heavy (non-hydrogen) atoms. The van der Waals surface area contributed by atoms with Crippen LogP contribution < -0.4 is 0 Å². The lowest BCUT2D eigenvalue weighted by atomic mass is 9.98. The zero-order valence-electron chi connectivity index (χ0n) is 12.8. The number of nitrogens with zero attached hydrogens (tertiary/aromatic N) is 2. The lowest BCUT2D eigenvalue weighted by Crippen LogP contribution is -2.50. The maximum absolute atomic E-state index is 12.9. The Bertz CT molecular complexity index is 492. The van der Waals surface area contributed by atoms with Gasteiger partial charge in [0.1, 0.15) is 5.82 Å². The summed E-state index contributed by atoms with van der Waals surface area (Å²) in [4.78, 5) is 16.8. The smallest absolute Gasteiger partial charge is 0.225 e. The van der Waals surface area contributed by atoms with Crippen molar-refractivity contribution in [3.05, 3.63) is 35.6 Å². The summed E-state index contributed by atoms with van der Waals surface area (Å²) in [5.74, 6) is 0.248. The molecule has 4 nitrogen and oxygen atoms in total. The summed E-state index contributed by atoms with van der Waals surface area (Å²) >= 11 is 0. The average Bonchev–Trinajstić information content (AvgIpc) is 2.58. The fourth-order valence-electron chi connectivity index (χ4n) is 3.18. The highest BCUT2D eigenvalue weighted by molar-refractivity contribution is 5.79. The normalized spacial score (nSPS) is 21.0. The van der Waals surface area contributed by atoms with Crippen molar-refractivity contribution in [1.29, 1.82) is 0 Å². The van der Waals surface area contributed by atoms with E-state index in [2.05, 4.69) is 4.90 Å². The molecule has 1 aromatic carbocycles. The third-order valence-electron chi connectivity index (χ3n) is 4.57. The fourth-order valence-corrected chi connectivity index (χ4v) is 3.18. The quantitative estimate of drug-likeness (QED) is 0.855. The molecule has 2 fully saturated rings. The molecule has 1 amide bonds. The van der Waals surface area contributed by atoms with E-state index in [9.17, 15) is 9.18 Å². The van der Waals surface area contributed by atoms with Gasteiger partial charge in [-0.2, -0.15) is 0 Å². The van der Waals surface area contributed by atoms with Gasteiger partial charge in [0.2, 0.25) is 5.91 Å². The van der Waals surface area contributed by atoms with Crippen molar-refractivity contribution < 1.29 is 13.9 Å². The number of rotatable bonds is 3. The van der Waals surface area contributed by atoms with Crippen molar-refractivity contribution in [2.45, 2.75) is 19.4 Å². The Morgan fingerprint density at radius 1 is 1.09 bits per heavy atom. The number of benzene rings is 1. The Hall–Kier alpha value is -1.46. The number of carbonyl (C=O) groups is 1. The molecule has 0 N–H and O–H groups in total. The maximum Gasteiger partial charge on any atom is 0.225 e. The SMILES string of the molecule is O=C(C1CCOCC1)N1CCN(Cc2ccc(F)cc2)CC1. The third-order valence-corrected chi connectivity index (χ3v) is 4.57. The summed E-state index contributed by atoms with van der Waals surface area (Å²) in [7, 11) is 0. The summed E-state index contributed by atoms with van der Waals surface area (Å²) in [6, 6.07) is 6.66. The molecule has 5 heteroatoms. The summed E-state index contributed by atoms with van der Waals surface area (Å²) in [5, 5.41) is 0. The molecule has 2 aliphatic heterocycles. The van der Waals surface area contributed by atoms with Crippen molar-refractivity contribution in [2.24, 2.45) is 5.92 Å². The minimum Gasteiger partial charge on any atom is -0.381 e. The first kappa shape index (κ1) is 15.4. The van der Waals surface area contributed by atoms with Gasteiger partial charge in [0.05, 0.1) is 0 Å². The molecular weight excluding hydrogens is 283 g/mol.